The van der Waals surface area contributed by atoms with Crippen molar-refractivity contribution in [2.75, 3.05) is 0 Å². The Morgan fingerprint density at radius 1 is 1.05 bits per heavy atom. The zero-order valence-corrected chi connectivity index (χ0v) is 11.6. The minimum atomic E-state index is 0.624. The van der Waals surface area contributed by atoms with Gasteiger partial charge in [-0.3, -0.25) is 0 Å². The molecule has 0 aliphatic heterocycles. The minimum Gasteiger partial charge on any atom is -0.347 e. The number of hydrogen-bond donors (Lipinski definition) is 2. The lowest BCUT2D eigenvalue weighted by molar-refractivity contribution is 0.884. The summed E-state index contributed by atoms with van der Waals surface area (Å²) in [6.45, 7) is 3.99. The van der Waals surface area contributed by atoms with Crippen LogP contribution in [-0.4, -0.2) is 19.9 Å². The summed E-state index contributed by atoms with van der Waals surface area (Å²) in [5, 5.41) is 0. The maximum Gasteiger partial charge on any atom is 0.132 e. The van der Waals surface area contributed by atoms with Crippen molar-refractivity contribution in [1.29, 1.82) is 0 Å². The Labute approximate surface area is 115 Å². The molecule has 0 amide bonds. The van der Waals surface area contributed by atoms with Crippen molar-refractivity contribution < 1.29 is 0 Å². The first-order valence-electron chi connectivity index (χ1n) is 6.13. The van der Waals surface area contributed by atoms with Crippen LogP contribution in [0.1, 0.15) is 22.9 Å². The van der Waals surface area contributed by atoms with Crippen LogP contribution in [0.5, 0.6) is 0 Å². The van der Waals surface area contributed by atoms with E-state index in [-0.39, 0.29) is 0 Å². The molecule has 2 heterocycles. The van der Waals surface area contributed by atoms with Crippen LogP contribution in [0.3, 0.4) is 0 Å². The first-order valence-corrected chi connectivity index (χ1v) is 6.54. The van der Waals surface area contributed by atoms with E-state index < -0.39 is 0 Å². The predicted octanol–water partition coefficient (Wildman–Crippen LogP) is 3.22. The summed E-state index contributed by atoms with van der Waals surface area (Å²) < 4.78 is 0.655. The highest BCUT2D eigenvalue weighted by atomic mass is 32.1. The number of benzene rings is 1. The molecule has 4 nitrogen and oxygen atoms in total. The van der Waals surface area contributed by atoms with Crippen LogP contribution in [0.4, 0.5) is 0 Å². The number of H-pyrrole nitrogens is 2. The average Bonchev–Trinajstić information content (AvgIpc) is 2.78. The average molecular weight is 270 g/mol. The Morgan fingerprint density at radius 3 is 2.53 bits per heavy atom. The Morgan fingerprint density at radius 2 is 1.79 bits per heavy atom. The Kier molecular flexibility index (Phi) is 2.91. The van der Waals surface area contributed by atoms with Crippen molar-refractivity contribution in [3.8, 4) is 0 Å². The maximum atomic E-state index is 5.25. The molecule has 96 valence electrons. The molecule has 0 atom stereocenters. The van der Waals surface area contributed by atoms with Gasteiger partial charge in [-0.25, -0.2) is 9.97 Å². The van der Waals surface area contributed by atoms with Gasteiger partial charge in [0.05, 0.1) is 17.5 Å². The molecule has 0 spiro atoms. The molecule has 5 heteroatoms. The van der Waals surface area contributed by atoms with Crippen LogP contribution < -0.4 is 0 Å². The quantitative estimate of drug-likeness (QED) is 0.703. The van der Waals surface area contributed by atoms with Crippen LogP contribution in [0.15, 0.2) is 24.3 Å². The second-order valence-corrected chi connectivity index (χ2v) is 5.00. The van der Waals surface area contributed by atoms with Crippen LogP contribution >= 0.6 is 12.2 Å². The summed E-state index contributed by atoms with van der Waals surface area (Å²) in [5.74, 6) is 1.73. The molecule has 0 aliphatic carbocycles. The topological polar surface area (TPSA) is 57.4 Å². The molecule has 0 radical (unpaired) electrons. The fourth-order valence-corrected chi connectivity index (χ4v) is 2.30. The third-order valence-corrected chi connectivity index (χ3v) is 3.62. The highest BCUT2D eigenvalue weighted by molar-refractivity contribution is 7.71. The second kappa shape index (κ2) is 4.59. The molecule has 0 saturated carbocycles. The number of aromatic nitrogens is 4. The summed E-state index contributed by atoms with van der Waals surface area (Å²) in [5.41, 5.74) is 4.11. The molecule has 0 saturated heterocycles. The van der Waals surface area contributed by atoms with Gasteiger partial charge in [0, 0.05) is 11.3 Å². The number of hydrogen-bond acceptors (Lipinski definition) is 3. The highest BCUT2D eigenvalue weighted by Gasteiger charge is 2.06. The third-order valence-electron chi connectivity index (χ3n) is 3.22. The van der Waals surface area contributed by atoms with E-state index in [4.69, 9.17) is 12.2 Å². The van der Waals surface area contributed by atoms with E-state index in [1.807, 2.05) is 38.1 Å². The Balaban J connectivity index is 1.99. The second-order valence-electron chi connectivity index (χ2n) is 4.62. The number of nitrogens with one attached hydrogen (secondary N) is 2. The van der Waals surface area contributed by atoms with Crippen LogP contribution in [0, 0.1) is 18.5 Å². The first-order chi connectivity index (χ1) is 9.13. The maximum absolute atomic E-state index is 5.25. The van der Waals surface area contributed by atoms with Gasteiger partial charge >= 0.3 is 0 Å². The molecule has 0 aliphatic rings. The van der Waals surface area contributed by atoms with Crippen LogP contribution in [-0.2, 0) is 6.42 Å². The van der Waals surface area contributed by atoms with E-state index in [0.717, 1.165) is 33.9 Å². The molecule has 2 aromatic heterocycles. The summed E-state index contributed by atoms with van der Waals surface area (Å²) in [6.07, 6.45) is 0.624. The van der Waals surface area contributed by atoms with Crippen LogP contribution in [0.2, 0.25) is 0 Å². The fourth-order valence-electron chi connectivity index (χ4n) is 2.04. The lowest BCUT2D eigenvalue weighted by Gasteiger charge is -2.04. The molecular formula is C14H14N4S. The van der Waals surface area contributed by atoms with Gasteiger partial charge in [0.25, 0.3) is 0 Å². The van der Waals surface area contributed by atoms with Gasteiger partial charge in [0.1, 0.15) is 16.3 Å². The molecule has 19 heavy (non-hydrogen) atoms. The van der Waals surface area contributed by atoms with Gasteiger partial charge in [-0.05, 0) is 26.0 Å². The summed E-state index contributed by atoms with van der Waals surface area (Å²) in [7, 11) is 0. The van der Waals surface area contributed by atoms with E-state index in [9.17, 15) is 0 Å². The van der Waals surface area contributed by atoms with Crippen molar-refractivity contribution in [2.24, 2.45) is 0 Å². The minimum absolute atomic E-state index is 0.624. The van der Waals surface area contributed by atoms with Gasteiger partial charge in [-0.2, -0.15) is 0 Å². The van der Waals surface area contributed by atoms with E-state index in [0.29, 0.717) is 11.1 Å². The summed E-state index contributed by atoms with van der Waals surface area (Å²) in [6, 6.07) is 7.98. The normalized spacial score (nSPS) is 11.1. The molecule has 3 aromatic rings. The SMILES string of the molecule is Cc1[nH]c(Cc2nc3ccccc3[nH]2)nc(=S)c1C. The van der Waals surface area contributed by atoms with E-state index >= 15 is 0 Å². The smallest absolute Gasteiger partial charge is 0.132 e. The lowest BCUT2D eigenvalue weighted by Crippen LogP contribution is -2.02. The highest BCUT2D eigenvalue weighted by Crippen LogP contribution is 2.13. The Bertz CT molecular complexity index is 768. The number of aryl methyl sites for hydroxylation is 1. The molecule has 0 bridgehead atoms. The largest absolute Gasteiger partial charge is 0.347 e. The number of imidazole rings is 1. The molecule has 3 rings (SSSR count). The van der Waals surface area contributed by atoms with Gasteiger partial charge in [-0.1, -0.05) is 24.4 Å². The fraction of sp³-hybridized carbons (Fsp3) is 0.214. The number of para-hydroxylation sites is 2. The zero-order valence-electron chi connectivity index (χ0n) is 10.8. The zero-order chi connectivity index (χ0) is 13.4. The molecule has 1 aromatic carbocycles. The van der Waals surface area contributed by atoms with Crippen molar-refractivity contribution >= 4 is 23.3 Å². The molecule has 0 unspecified atom stereocenters. The van der Waals surface area contributed by atoms with E-state index in [2.05, 4.69) is 19.9 Å². The predicted molar refractivity (Wildman–Crippen MR) is 77.8 cm³/mol. The van der Waals surface area contributed by atoms with Gasteiger partial charge in [0.2, 0.25) is 0 Å². The van der Waals surface area contributed by atoms with E-state index in [1.54, 1.807) is 0 Å². The molecule has 2 N–H and O–H groups in total. The monoisotopic (exact) mass is 270 g/mol. The third kappa shape index (κ3) is 2.29. The molecular weight excluding hydrogens is 256 g/mol. The van der Waals surface area contributed by atoms with E-state index in [1.165, 1.54) is 0 Å². The number of aromatic amines is 2. The van der Waals surface area contributed by atoms with Gasteiger partial charge in [-0.15, -0.1) is 0 Å². The van der Waals surface area contributed by atoms with Gasteiger partial charge < -0.3 is 9.97 Å². The first kappa shape index (κ1) is 12.0. The van der Waals surface area contributed by atoms with Crippen LogP contribution in [0.25, 0.3) is 11.0 Å². The van der Waals surface area contributed by atoms with Crippen molar-refractivity contribution in [1.82, 2.24) is 19.9 Å². The Hall–Kier alpha value is -2.01. The van der Waals surface area contributed by atoms with Crippen molar-refractivity contribution in [2.45, 2.75) is 20.3 Å². The number of fused-ring (bicyclic) bond motifs is 1. The van der Waals surface area contributed by atoms with Gasteiger partial charge in [0.15, 0.2) is 0 Å². The molecule has 0 fully saturated rings. The summed E-state index contributed by atoms with van der Waals surface area (Å²) in [4.78, 5) is 15.5. The number of nitrogens with zero attached hydrogens (tertiary/aromatic N) is 2. The summed E-state index contributed by atoms with van der Waals surface area (Å²) >= 11 is 5.25. The lowest BCUT2D eigenvalue weighted by atomic mass is 10.2. The van der Waals surface area contributed by atoms with Crippen molar-refractivity contribution in [3.63, 3.8) is 0 Å². The van der Waals surface area contributed by atoms with Crippen molar-refractivity contribution in [3.05, 3.63) is 51.8 Å². The number of rotatable bonds is 2. The standard InChI is InChI=1S/C14H14N4S/c1-8-9(2)15-12(18-14(8)19)7-13-16-10-5-3-4-6-11(10)17-13/h3-6H,7H2,1-2H3,(H,16,17)(H,15,18,19).